The second-order valence-electron chi connectivity index (χ2n) is 11.4. The van der Waals surface area contributed by atoms with Gasteiger partial charge in [-0.25, -0.2) is 15.2 Å². The lowest BCUT2D eigenvalue weighted by molar-refractivity contribution is -0.148. The fourth-order valence-electron chi connectivity index (χ4n) is 4.06. The molecule has 218 valence electrons. The van der Waals surface area contributed by atoms with Crippen molar-refractivity contribution in [1.82, 2.24) is 29.7 Å². The summed E-state index contributed by atoms with van der Waals surface area (Å²) < 4.78 is 37.4. The van der Waals surface area contributed by atoms with Gasteiger partial charge in [0.1, 0.15) is 23.9 Å². The monoisotopic (exact) mass is 571 g/mol. The predicted octanol–water partition coefficient (Wildman–Crippen LogP) is 0.871. The molecule has 1 saturated heterocycles. The predicted molar refractivity (Wildman–Crippen MR) is 140 cm³/mol. The summed E-state index contributed by atoms with van der Waals surface area (Å²) in [4.78, 5) is 24.9. The summed E-state index contributed by atoms with van der Waals surface area (Å²) in [5.41, 5.74) is 4.26. The maximum atomic E-state index is 13.7. The molecule has 0 amide bonds. The number of ether oxygens (including phenoxy) is 3. The molecule has 3 heterocycles. The summed E-state index contributed by atoms with van der Waals surface area (Å²) in [6.45, 7) is 8.55. The van der Waals surface area contributed by atoms with Gasteiger partial charge in [0.25, 0.3) is 0 Å². The Balaban J connectivity index is 1.48. The van der Waals surface area contributed by atoms with E-state index in [2.05, 4.69) is 25.1 Å². The number of nitrogens with one attached hydrogen (secondary N) is 2. The van der Waals surface area contributed by atoms with Crippen molar-refractivity contribution >= 4 is 30.8 Å². The Kier molecular flexibility index (Phi) is 8.26. The average Bonchev–Trinajstić information content (AvgIpc) is 3.51. The fraction of sp³-hybridized carbons (Fsp3) is 0.739. The van der Waals surface area contributed by atoms with E-state index in [0.29, 0.717) is 0 Å². The molecule has 15 nitrogen and oxygen atoms in total. The molecule has 0 bridgehead atoms. The zero-order chi connectivity index (χ0) is 28.8. The first-order valence-corrected chi connectivity index (χ1v) is 14.3. The number of esters is 1. The summed E-state index contributed by atoms with van der Waals surface area (Å²) in [6.07, 6.45) is -0.714. The Hall–Kier alpha value is -2.39. The van der Waals surface area contributed by atoms with Crippen molar-refractivity contribution in [2.45, 2.75) is 83.6 Å². The zero-order valence-electron chi connectivity index (χ0n) is 22.9. The van der Waals surface area contributed by atoms with E-state index in [-0.39, 0.29) is 47.7 Å². The van der Waals surface area contributed by atoms with E-state index in [1.807, 2.05) is 20.8 Å². The number of aromatic nitrogens is 4. The maximum Gasteiger partial charge on any atom is 0.341 e. The Morgan fingerprint density at radius 3 is 2.69 bits per heavy atom. The third-order valence-corrected chi connectivity index (χ3v) is 8.27. The van der Waals surface area contributed by atoms with Crippen LogP contribution in [0, 0.1) is 5.41 Å². The fourth-order valence-corrected chi connectivity index (χ4v) is 6.00. The Bertz CT molecular complexity index is 1250. The van der Waals surface area contributed by atoms with Gasteiger partial charge in [0.05, 0.1) is 26.7 Å². The molecule has 0 aromatic carbocycles. The minimum absolute atomic E-state index is 0.0381. The number of nitrogens with zero attached hydrogens (tertiary/aromatic N) is 4. The van der Waals surface area contributed by atoms with Crippen molar-refractivity contribution < 1.29 is 38.3 Å². The minimum Gasteiger partial charge on any atom is -0.479 e. The van der Waals surface area contributed by atoms with Crippen LogP contribution in [0.5, 0.6) is 5.88 Å². The molecule has 6 unspecified atom stereocenters. The van der Waals surface area contributed by atoms with Crippen LogP contribution in [0.4, 0.5) is 5.95 Å². The highest BCUT2D eigenvalue weighted by Gasteiger charge is 2.54. The van der Waals surface area contributed by atoms with Crippen LogP contribution in [-0.4, -0.2) is 85.9 Å². The molecule has 0 radical (unpaired) electrons. The Morgan fingerprint density at radius 2 is 2.08 bits per heavy atom. The Labute approximate surface area is 226 Å². The third kappa shape index (κ3) is 6.68. The number of fused-ring (bicyclic) bond motifs is 1. The van der Waals surface area contributed by atoms with E-state index in [1.54, 1.807) is 0 Å². The van der Waals surface area contributed by atoms with E-state index < -0.39 is 43.7 Å². The summed E-state index contributed by atoms with van der Waals surface area (Å²) >= 11 is 0. The first-order valence-electron chi connectivity index (χ1n) is 12.7. The number of nitrogen functional groups attached to an aromatic ring is 1. The summed E-state index contributed by atoms with van der Waals surface area (Å²) in [5.74, 6) is -0.509. The van der Waals surface area contributed by atoms with Crippen molar-refractivity contribution in [1.29, 1.82) is 0 Å². The number of methoxy groups -OCH3 is 1. The van der Waals surface area contributed by atoms with Gasteiger partial charge in [-0.15, -0.1) is 0 Å². The van der Waals surface area contributed by atoms with Crippen LogP contribution in [0.15, 0.2) is 6.33 Å². The largest absolute Gasteiger partial charge is 0.479 e. The van der Waals surface area contributed by atoms with E-state index in [9.17, 15) is 19.6 Å². The molecule has 1 aliphatic heterocycles. The van der Waals surface area contributed by atoms with Crippen molar-refractivity contribution in [2.75, 3.05) is 26.1 Å². The number of rotatable bonds is 11. The quantitative estimate of drug-likeness (QED) is 0.188. The highest BCUT2D eigenvalue weighted by Crippen LogP contribution is 2.45. The topological polar surface area (TPSA) is 205 Å². The van der Waals surface area contributed by atoms with Crippen molar-refractivity contribution in [3.8, 4) is 5.88 Å². The highest BCUT2D eigenvalue weighted by atomic mass is 31.2. The normalized spacial score (nSPS) is 27.8. The van der Waals surface area contributed by atoms with Gasteiger partial charge >= 0.3 is 13.6 Å². The van der Waals surface area contributed by atoms with Crippen LogP contribution in [-0.2, 0) is 23.4 Å². The van der Waals surface area contributed by atoms with Gasteiger partial charge in [-0.3, -0.25) is 13.9 Å². The van der Waals surface area contributed by atoms with Gasteiger partial charge in [0.2, 0.25) is 11.8 Å². The molecule has 39 heavy (non-hydrogen) atoms. The lowest BCUT2D eigenvalue weighted by Crippen LogP contribution is -2.45. The molecule has 2 aromatic rings. The first kappa shape index (κ1) is 29.6. The first-order chi connectivity index (χ1) is 18.1. The van der Waals surface area contributed by atoms with E-state index in [0.717, 1.165) is 12.8 Å². The molecule has 4 rings (SSSR count). The number of carbonyl (C=O) groups is 1. The number of hydrogen-bond acceptors (Lipinski definition) is 12. The molecule has 2 aromatic heterocycles. The van der Waals surface area contributed by atoms with Gasteiger partial charge in [-0.1, -0.05) is 20.8 Å². The van der Waals surface area contributed by atoms with Crippen molar-refractivity contribution in [2.24, 2.45) is 5.41 Å². The van der Waals surface area contributed by atoms with Crippen LogP contribution >= 0.6 is 7.67 Å². The van der Waals surface area contributed by atoms with Crippen LogP contribution in [0.1, 0.15) is 53.7 Å². The average molecular weight is 572 g/mol. The minimum atomic E-state index is -3.79. The van der Waals surface area contributed by atoms with Crippen LogP contribution in [0.2, 0.25) is 0 Å². The lowest BCUT2D eigenvalue weighted by atomic mass is 9.96. The molecule has 2 aliphatic rings. The second kappa shape index (κ2) is 10.9. The summed E-state index contributed by atoms with van der Waals surface area (Å²) in [5, 5.41) is 27.8. The van der Waals surface area contributed by atoms with Crippen molar-refractivity contribution in [3.63, 3.8) is 0 Å². The summed E-state index contributed by atoms with van der Waals surface area (Å²) in [7, 11) is -2.38. The van der Waals surface area contributed by atoms with E-state index in [1.165, 1.54) is 31.9 Å². The van der Waals surface area contributed by atoms with Gasteiger partial charge in [0.15, 0.2) is 17.4 Å². The lowest BCUT2D eigenvalue weighted by Gasteiger charge is -2.27. The van der Waals surface area contributed by atoms with Gasteiger partial charge in [-0.2, -0.15) is 9.97 Å². The van der Waals surface area contributed by atoms with Gasteiger partial charge in [0, 0.05) is 6.04 Å². The number of anilines is 1. The van der Waals surface area contributed by atoms with Gasteiger partial charge < -0.3 is 34.7 Å². The number of carbonyl (C=O) groups excluding carboxylic acids is 1. The number of aliphatic hydroxyl groups is 2. The molecule has 1 saturated carbocycles. The zero-order valence-corrected chi connectivity index (χ0v) is 23.8. The smallest absolute Gasteiger partial charge is 0.341 e. The van der Waals surface area contributed by atoms with Gasteiger partial charge in [-0.05, 0) is 32.1 Å². The van der Waals surface area contributed by atoms with Crippen LogP contribution in [0.25, 0.3) is 11.2 Å². The molecule has 6 atom stereocenters. The molecule has 16 heteroatoms. The molecular formula is C23H38N7O8P. The highest BCUT2D eigenvalue weighted by molar-refractivity contribution is 7.54. The summed E-state index contributed by atoms with van der Waals surface area (Å²) in [6, 6.07) is -0.976. The number of hydrogen-bond donors (Lipinski definition) is 5. The molecule has 0 spiro atoms. The number of imidazole rings is 1. The van der Waals surface area contributed by atoms with Crippen LogP contribution in [0.3, 0.4) is 0 Å². The van der Waals surface area contributed by atoms with E-state index in [4.69, 9.17) is 24.5 Å². The number of nitrogens with two attached hydrogens (primary N) is 1. The van der Waals surface area contributed by atoms with Crippen molar-refractivity contribution in [3.05, 3.63) is 6.33 Å². The molecule has 1 aliphatic carbocycles. The van der Waals surface area contributed by atoms with Crippen LogP contribution < -0.4 is 20.6 Å². The van der Waals surface area contributed by atoms with E-state index >= 15 is 0 Å². The SMILES string of the molecule is COc1nc(N)nc2c1ncn2C1OC(COP(=O)(NC2CC2)NC(C)C(=O)OCC(C)(C)C)C(O)C1(C)O. The Morgan fingerprint density at radius 1 is 1.38 bits per heavy atom. The third-order valence-electron chi connectivity index (χ3n) is 6.32. The molecular weight excluding hydrogens is 533 g/mol. The second-order valence-corrected chi connectivity index (χ2v) is 13.3. The molecule has 6 N–H and O–H groups in total. The maximum absolute atomic E-state index is 13.7. The number of aliphatic hydroxyl groups excluding tert-OH is 1. The molecule has 2 fully saturated rings. The standard InChI is InChI=1S/C23H38N7O8P/c1-12(19(32)36-10-22(2,3)4)28-39(34,29-13-7-8-13)37-9-14-16(31)23(5,33)20(38-14)30-11-25-15-17(30)26-21(24)27-18(15)35-6/h11-14,16,20,31,33H,7-10H2,1-6H3,(H2,24,26,27)(H2,28,29,34).